The number of hydrogen-bond acceptors (Lipinski definition) is 3. The Balaban J connectivity index is 3.43. The van der Waals surface area contributed by atoms with Crippen LogP contribution in [0.3, 0.4) is 0 Å². The predicted molar refractivity (Wildman–Crippen MR) is 56.5 cm³/mol. The summed E-state index contributed by atoms with van der Waals surface area (Å²) in [5.74, 6) is -1.54. The molecule has 1 rings (SSSR count). The number of nitrogens with zero attached hydrogens (tertiary/aromatic N) is 1. The van der Waals surface area contributed by atoms with Crippen molar-refractivity contribution in [3.05, 3.63) is 20.9 Å². The fraction of sp³-hybridized carbons (Fsp3) is 0.375. The molecule has 1 aromatic rings. The molecule has 0 aliphatic carbocycles. The molecule has 1 heterocycles. The zero-order valence-corrected chi connectivity index (χ0v) is 10.5. The molecule has 1 aromatic heterocycles. The number of aromatic nitrogens is 1. The minimum atomic E-state index is -5.26. The van der Waals surface area contributed by atoms with E-state index in [0.717, 1.165) is 6.07 Å². The van der Waals surface area contributed by atoms with Gasteiger partial charge in [0.05, 0.1) is 0 Å². The van der Waals surface area contributed by atoms with Crippen LogP contribution >= 0.6 is 22.6 Å². The minimum absolute atomic E-state index is 0.0831. The molecule has 0 fully saturated rings. The highest BCUT2D eigenvalue weighted by Crippen LogP contribution is 2.39. The van der Waals surface area contributed by atoms with Crippen LogP contribution in [0.2, 0.25) is 0 Å². The summed E-state index contributed by atoms with van der Waals surface area (Å²) in [5, 5.41) is 0. The Hall–Kier alpha value is -0.780. The van der Waals surface area contributed by atoms with Gasteiger partial charge in [0.2, 0.25) is 5.88 Å². The second kappa shape index (κ2) is 5.07. The van der Waals surface area contributed by atoms with Gasteiger partial charge in [0.15, 0.2) is 0 Å². The van der Waals surface area contributed by atoms with Crippen molar-refractivity contribution in [1.82, 2.24) is 4.98 Å². The lowest BCUT2D eigenvalue weighted by Crippen LogP contribution is -2.23. The summed E-state index contributed by atoms with van der Waals surface area (Å²) in [7, 11) is 0. The second-order valence-corrected chi connectivity index (χ2v) is 4.14. The fourth-order valence-corrected chi connectivity index (χ4v) is 1.78. The lowest BCUT2D eigenvalue weighted by Gasteiger charge is -2.17. The van der Waals surface area contributed by atoms with Crippen LogP contribution < -0.4 is 10.5 Å². The molecule has 0 saturated carbocycles. The van der Waals surface area contributed by atoms with E-state index >= 15 is 0 Å². The number of ether oxygens (including phenoxy) is 1. The van der Waals surface area contributed by atoms with E-state index in [0.29, 0.717) is 0 Å². The summed E-state index contributed by atoms with van der Waals surface area (Å²) in [6.07, 6.45) is -10.3. The number of nitrogens with two attached hydrogens (primary N) is 1. The van der Waals surface area contributed by atoms with Gasteiger partial charge in [-0.15, -0.1) is 13.2 Å². The molecule has 0 atom stereocenters. The van der Waals surface area contributed by atoms with Crippen LogP contribution in [0.1, 0.15) is 11.1 Å². The molecular formula is C8H5F6IN2O. The van der Waals surface area contributed by atoms with E-state index in [-0.39, 0.29) is 3.70 Å². The van der Waals surface area contributed by atoms with Crippen molar-refractivity contribution in [1.29, 1.82) is 0 Å². The van der Waals surface area contributed by atoms with Crippen LogP contribution in [0.15, 0.2) is 6.07 Å². The smallest absolute Gasteiger partial charge is 0.387 e. The molecule has 102 valence electrons. The third-order valence-corrected chi connectivity index (χ3v) is 2.31. The summed E-state index contributed by atoms with van der Waals surface area (Å²) in [6.45, 7) is -0.582. The van der Waals surface area contributed by atoms with Crippen molar-refractivity contribution in [2.45, 2.75) is 19.1 Å². The van der Waals surface area contributed by atoms with E-state index in [1.54, 1.807) is 0 Å². The molecule has 18 heavy (non-hydrogen) atoms. The lowest BCUT2D eigenvalue weighted by atomic mass is 10.1. The Labute approximate surface area is 110 Å². The molecule has 3 nitrogen and oxygen atoms in total. The lowest BCUT2D eigenvalue weighted by molar-refractivity contribution is -0.278. The largest absolute Gasteiger partial charge is 0.574 e. The van der Waals surface area contributed by atoms with Gasteiger partial charge in [-0.3, -0.25) is 0 Å². The van der Waals surface area contributed by atoms with Gasteiger partial charge in [0.25, 0.3) is 0 Å². The van der Waals surface area contributed by atoms with Crippen molar-refractivity contribution in [2.75, 3.05) is 0 Å². The van der Waals surface area contributed by atoms with E-state index < -0.39 is 36.1 Å². The summed E-state index contributed by atoms with van der Waals surface area (Å²) >= 11 is 1.47. The molecule has 0 aromatic carbocycles. The fourth-order valence-electron chi connectivity index (χ4n) is 1.19. The van der Waals surface area contributed by atoms with Gasteiger partial charge < -0.3 is 10.5 Å². The zero-order chi connectivity index (χ0) is 14.1. The standard InChI is InChI=1S/C8H5F6IN2O/c9-7(10,11)5-3(2-16)1-4(15)17-6(5)18-8(12,13)14/h1H,2,16H2. The van der Waals surface area contributed by atoms with Crippen LogP contribution in [0.5, 0.6) is 5.88 Å². The highest BCUT2D eigenvalue weighted by molar-refractivity contribution is 14.1. The van der Waals surface area contributed by atoms with Gasteiger partial charge in [-0.05, 0) is 34.2 Å². The first-order chi connectivity index (χ1) is 8.04. The Morgan fingerprint density at radius 3 is 2.17 bits per heavy atom. The number of pyridine rings is 1. The summed E-state index contributed by atoms with van der Waals surface area (Å²) < 4.78 is 77.2. The predicted octanol–water partition coefficient (Wildman–Crippen LogP) is 3.06. The highest BCUT2D eigenvalue weighted by atomic mass is 127. The van der Waals surface area contributed by atoms with Gasteiger partial charge in [0, 0.05) is 6.54 Å². The molecule has 0 bridgehead atoms. The van der Waals surface area contributed by atoms with Crippen molar-refractivity contribution in [3.8, 4) is 5.88 Å². The van der Waals surface area contributed by atoms with Crippen LogP contribution in [0, 0.1) is 3.70 Å². The minimum Gasteiger partial charge on any atom is -0.387 e. The maximum Gasteiger partial charge on any atom is 0.574 e. The number of hydrogen-bond donors (Lipinski definition) is 1. The molecule has 0 saturated heterocycles. The molecule has 10 heteroatoms. The van der Waals surface area contributed by atoms with Crippen LogP contribution in [-0.4, -0.2) is 11.3 Å². The SMILES string of the molecule is NCc1cc(I)nc(OC(F)(F)F)c1C(F)(F)F. The maximum absolute atomic E-state index is 12.7. The van der Waals surface area contributed by atoms with Crippen LogP contribution in [-0.2, 0) is 12.7 Å². The van der Waals surface area contributed by atoms with Crippen molar-refractivity contribution in [3.63, 3.8) is 0 Å². The second-order valence-electron chi connectivity index (χ2n) is 3.03. The Morgan fingerprint density at radius 1 is 1.22 bits per heavy atom. The average Bonchev–Trinajstić information content (AvgIpc) is 2.11. The Kier molecular flexibility index (Phi) is 4.30. The first-order valence-electron chi connectivity index (χ1n) is 4.27. The average molecular weight is 386 g/mol. The number of halogens is 7. The van der Waals surface area contributed by atoms with E-state index in [1.165, 1.54) is 22.6 Å². The Morgan fingerprint density at radius 2 is 1.78 bits per heavy atom. The first-order valence-corrected chi connectivity index (χ1v) is 5.35. The number of rotatable bonds is 2. The topological polar surface area (TPSA) is 48.1 Å². The summed E-state index contributed by atoms with van der Waals surface area (Å²) in [5.41, 5.74) is 2.96. The molecule has 0 aliphatic heterocycles. The quantitative estimate of drug-likeness (QED) is 0.483. The monoisotopic (exact) mass is 386 g/mol. The first kappa shape index (κ1) is 15.3. The van der Waals surface area contributed by atoms with E-state index in [1.807, 2.05) is 0 Å². The van der Waals surface area contributed by atoms with Crippen molar-refractivity contribution >= 4 is 22.6 Å². The normalized spacial score (nSPS) is 12.7. The van der Waals surface area contributed by atoms with E-state index in [9.17, 15) is 26.3 Å². The maximum atomic E-state index is 12.7. The highest BCUT2D eigenvalue weighted by Gasteiger charge is 2.42. The molecule has 0 spiro atoms. The van der Waals surface area contributed by atoms with Crippen LogP contribution in [0.25, 0.3) is 0 Å². The van der Waals surface area contributed by atoms with Gasteiger partial charge in [0.1, 0.15) is 9.26 Å². The molecular weight excluding hydrogens is 381 g/mol. The molecule has 0 unspecified atom stereocenters. The van der Waals surface area contributed by atoms with Gasteiger partial charge in [-0.25, -0.2) is 4.98 Å². The van der Waals surface area contributed by atoms with Gasteiger partial charge >= 0.3 is 12.5 Å². The molecule has 2 N–H and O–H groups in total. The molecule has 0 amide bonds. The number of alkyl halides is 6. The summed E-state index contributed by atoms with van der Waals surface area (Å²) in [6, 6.07) is 0.951. The van der Waals surface area contributed by atoms with Gasteiger partial charge in [-0.1, -0.05) is 0 Å². The van der Waals surface area contributed by atoms with Crippen LogP contribution in [0.4, 0.5) is 26.3 Å². The van der Waals surface area contributed by atoms with Gasteiger partial charge in [-0.2, -0.15) is 13.2 Å². The summed E-state index contributed by atoms with van der Waals surface area (Å²) in [4.78, 5) is 3.10. The Bertz CT molecular complexity index is 444. The zero-order valence-electron chi connectivity index (χ0n) is 8.36. The molecule has 0 aliphatic rings. The van der Waals surface area contributed by atoms with Crippen molar-refractivity contribution < 1.29 is 31.1 Å². The van der Waals surface area contributed by atoms with E-state index in [4.69, 9.17) is 5.73 Å². The third kappa shape index (κ3) is 3.86. The third-order valence-electron chi connectivity index (χ3n) is 1.75. The molecule has 0 radical (unpaired) electrons. The van der Waals surface area contributed by atoms with Crippen molar-refractivity contribution in [2.24, 2.45) is 5.73 Å². The van der Waals surface area contributed by atoms with E-state index in [2.05, 4.69) is 9.72 Å².